The monoisotopic (exact) mass is 412 g/mol. The van der Waals surface area contributed by atoms with Crippen molar-refractivity contribution in [1.82, 2.24) is 5.32 Å². The summed E-state index contributed by atoms with van der Waals surface area (Å²) in [7, 11) is 0. The molecule has 1 amide bonds. The van der Waals surface area contributed by atoms with E-state index in [-0.39, 0.29) is 18.8 Å². The number of para-hydroxylation sites is 1. The number of carbonyl (C=O) groups is 2. The zero-order chi connectivity index (χ0) is 20.8. The van der Waals surface area contributed by atoms with Crippen LogP contribution in [0.1, 0.15) is 18.4 Å². The first kappa shape index (κ1) is 20.5. The van der Waals surface area contributed by atoms with Crippen LogP contribution in [0.4, 0.5) is 0 Å². The van der Waals surface area contributed by atoms with Crippen LogP contribution in [0.15, 0.2) is 77.6 Å². The molecule has 1 aliphatic heterocycles. The maximum absolute atomic E-state index is 12.8. The fraction of sp³-hybridized carbons (Fsp3) is 0.182. The van der Waals surface area contributed by atoms with E-state index in [0.29, 0.717) is 27.6 Å². The van der Waals surface area contributed by atoms with Crippen LogP contribution in [0.2, 0.25) is 5.02 Å². The van der Waals surface area contributed by atoms with E-state index in [2.05, 4.69) is 5.32 Å². The summed E-state index contributed by atoms with van der Waals surface area (Å²) >= 11 is 6.12. The van der Waals surface area contributed by atoms with E-state index in [1.54, 1.807) is 31.2 Å². The Kier molecular flexibility index (Phi) is 6.57. The molecule has 0 saturated heterocycles. The molecule has 0 saturated carbocycles. The molecule has 1 unspecified atom stereocenters. The average molecular weight is 413 g/mol. The van der Waals surface area contributed by atoms with E-state index in [4.69, 9.17) is 26.8 Å². The molecule has 0 bridgehead atoms. The van der Waals surface area contributed by atoms with Crippen molar-refractivity contribution in [2.45, 2.75) is 12.8 Å². The number of carbonyl (C=O) groups excluding carboxylic acids is 2. The largest absolute Gasteiger partial charge is 0.490 e. The number of amides is 1. The van der Waals surface area contributed by atoms with Gasteiger partial charge in [0.1, 0.15) is 19.0 Å². The van der Waals surface area contributed by atoms with Crippen LogP contribution in [0.3, 0.4) is 0 Å². The Morgan fingerprint density at radius 1 is 1.10 bits per heavy atom. The van der Waals surface area contributed by atoms with Crippen LogP contribution in [0.5, 0.6) is 5.75 Å². The molecule has 29 heavy (non-hydrogen) atoms. The lowest BCUT2D eigenvalue weighted by Crippen LogP contribution is -2.32. The van der Waals surface area contributed by atoms with Gasteiger partial charge in [0.25, 0.3) is 0 Å². The molecule has 2 aromatic carbocycles. The molecule has 1 atom stereocenters. The van der Waals surface area contributed by atoms with Crippen LogP contribution >= 0.6 is 11.6 Å². The topological polar surface area (TPSA) is 90.7 Å². The lowest BCUT2D eigenvalue weighted by atomic mass is 9.82. The number of hydrogen-bond donors (Lipinski definition) is 2. The smallest absolute Gasteiger partial charge is 0.336 e. The normalized spacial score (nSPS) is 15.9. The van der Waals surface area contributed by atoms with Gasteiger partial charge in [-0.25, -0.2) is 4.79 Å². The van der Waals surface area contributed by atoms with Gasteiger partial charge < -0.3 is 20.5 Å². The molecule has 0 fully saturated rings. The van der Waals surface area contributed by atoms with Crippen molar-refractivity contribution in [3.63, 3.8) is 0 Å². The molecule has 1 heterocycles. The Morgan fingerprint density at radius 2 is 1.86 bits per heavy atom. The van der Waals surface area contributed by atoms with E-state index in [9.17, 15) is 9.59 Å². The molecular weight excluding hydrogens is 392 g/mol. The fourth-order valence-corrected chi connectivity index (χ4v) is 3.35. The standard InChI is InChI=1S/C22H21ClN2O4/c1-14-19(21(24)26)20(15-6-5-7-16(23)12-15)18(13-25-14)22(27)29-11-10-28-17-8-3-2-4-9-17/h2-9,12-13,20,25H,10-11H2,1H3,(H2,24,26). The summed E-state index contributed by atoms with van der Waals surface area (Å²) in [5.74, 6) is -1.17. The molecule has 2 aromatic rings. The summed E-state index contributed by atoms with van der Waals surface area (Å²) < 4.78 is 10.9. The summed E-state index contributed by atoms with van der Waals surface area (Å²) in [6, 6.07) is 16.2. The molecule has 1 aliphatic rings. The Hall–Kier alpha value is -3.25. The molecule has 150 valence electrons. The molecule has 3 rings (SSSR count). The van der Waals surface area contributed by atoms with Gasteiger partial charge in [0.2, 0.25) is 5.91 Å². The van der Waals surface area contributed by atoms with E-state index >= 15 is 0 Å². The molecule has 7 heteroatoms. The molecule has 0 aliphatic carbocycles. The van der Waals surface area contributed by atoms with Gasteiger partial charge in [0.15, 0.2) is 0 Å². The molecule has 3 N–H and O–H groups in total. The van der Waals surface area contributed by atoms with E-state index in [1.165, 1.54) is 6.20 Å². The van der Waals surface area contributed by atoms with Gasteiger partial charge in [-0.05, 0) is 36.8 Å². The molecule has 0 radical (unpaired) electrons. The number of esters is 1. The first-order chi connectivity index (χ1) is 14.0. The van der Waals surface area contributed by atoms with E-state index in [0.717, 1.165) is 0 Å². The Bertz CT molecular complexity index is 970. The molecule has 0 spiro atoms. The van der Waals surface area contributed by atoms with Crippen molar-refractivity contribution in [3.8, 4) is 5.75 Å². The van der Waals surface area contributed by atoms with Crippen molar-refractivity contribution in [2.75, 3.05) is 13.2 Å². The maximum atomic E-state index is 12.8. The van der Waals surface area contributed by atoms with Crippen LogP contribution in [-0.4, -0.2) is 25.1 Å². The second kappa shape index (κ2) is 9.30. The summed E-state index contributed by atoms with van der Waals surface area (Å²) in [5.41, 5.74) is 7.42. The second-order valence-corrected chi connectivity index (χ2v) is 6.87. The summed E-state index contributed by atoms with van der Waals surface area (Å²) in [6.45, 7) is 1.99. The van der Waals surface area contributed by atoms with Crippen LogP contribution < -0.4 is 15.8 Å². The van der Waals surface area contributed by atoms with E-state index < -0.39 is 17.8 Å². The Morgan fingerprint density at radius 3 is 2.55 bits per heavy atom. The van der Waals surface area contributed by atoms with Crippen molar-refractivity contribution in [2.24, 2.45) is 5.73 Å². The highest BCUT2D eigenvalue weighted by molar-refractivity contribution is 6.30. The Labute approximate surface area is 173 Å². The zero-order valence-corrected chi connectivity index (χ0v) is 16.6. The third kappa shape index (κ3) is 4.97. The lowest BCUT2D eigenvalue weighted by Gasteiger charge is -2.27. The number of rotatable bonds is 7. The number of hydrogen-bond acceptors (Lipinski definition) is 5. The number of primary amides is 1. The summed E-state index contributed by atoms with van der Waals surface area (Å²) in [6.07, 6.45) is 1.54. The maximum Gasteiger partial charge on any atom is 0.336 e. The second-order valence-electron chi connectivity index (χ2n) is 6.43. The predicted octanol–water partition coefficient (Wildman–Crippen LogP) is 3.29. The first-order valence-electron chi connectivity index (χ1n) is 9.05. The van der Waals surface area contributed by atoms with Crippen LogP contribution in [0.25, 0.3) is 0 Å². The molecule has 0 aromatic heterocycles. The minimum Gasteiger partial charge on any atom is -0.490 e. The van der Waals surface area contributed by atoms with Crippen molar-refractivity contribution in [3.05, 3.63) is 88.2 Å². The minimum atomic E-state index is -0.671. The third-order valence-corrected chi connectivity index (χ3v) is 4.69. The van der Waals surface area contributed by atoms with Gasteiger partial charge >= 0.3 is 5.97 Å². The summed E-state index contributed by atoms with van der Waals surface area (Å²) in [5, 5.41) is 3.42. The fourth-order valence-electron chi connectivity index (χ4n) is 3.15. The highest BCUT2D eigenvalue weighted by Crippen LogP contribution is 2.37. The predicted molar refractivity (Wildman–Crippen MR) is 110 cm³/mol. The first-order valence-corrected chi connectivity index (χ1v) is 9.42. The highest BCUT2D eigenvalue weighted by atomic mass is 35.5. The molecule has 6 nitrogen and oxygen atoms in total. The number of nitrogens with two attached hydrogens (primary N) is 1. The van der Waals surface area contributed by atoms with Crippen molar-refractivity contribution < 1.29 is 19.1 Å². The zero-order valence-electron chi connectivity index (χ0n) is 15.9. The highest BCUT2D eigenvalue weighted by Gasteiger charge is 2.34. The Balaban J connectivity index is 1.75. The van der Waals surface area contributed by atoms with Gasteiger partial charge in [-0.1, -0.05) is 41.9 Å². The third-order valence-electron chi connectivity index (χ3n) is 4.46. The minimum absolute atomic E-state index is 0.0575. The average Bonchev–Trinajstić information content (AvgIpc) is 2.71. The van der Waals surface area contributed by atoms with E-state index in [1.807, 2.05) is 30.3 Å². The lowest BCUT2D eigenvalue weighted by molar-refractivity contribution is -0.140. The van der Waals surface area contributed by atoms with Gasteiger partial charge in [-0.3, -0.25) is 4.79 Å². The number of allylic oxidation sites excluding steroid dienone is 1. The van der Waals surface area contributed by atoms with Crippen molar-refractivity contribution >= 4 is 23.5 Å². The SMILES string of the molecule is CC1=C(C(N)=O)C(c2cccc(Cl)c2)C(C(=O)OCCOc2ccccc2)=CN1. The number of ether oxygens (including phenoxy) is 2. The number of halogens is 1. The van der Waals surface area contributed by atoms with Crippen LogP contribution in [0, 0.1) is 0 Å². The van der Waals surface area contributed by atoms with Crippen molar-refractivity contribution in [1.29, 1.82) is 0 Å². The molecular formula is C22H21ClN2O4. The van der Waals surface area contributed by atoms with Gasteiger partial charge in [-0.15, -0.1) is 0 Å². The quantitative estimate of drug-likeness (QED) is 0.538. The van der Waals surface area contributed by atoms with Gasteiger partial charge in [0.05, 0.1) is 5.57 Å². The number of dihydropyridines is 1. The summed E-state index contributed by atoms with van der Waals surface area (Å²) in [4.78, 5) is 24.9. The van der Waals surface area contributed by atoms with Crippen LogP contribution in [-0.2, 0) is 14.3 Å². The van der Waals surface area contributed by atoms with Gasteiger partial charge in [0, 0.05) is 28.4 Å². The number of benzene rings is 2. The number of nitrogens with one attached hydrogen (secondary N) is 1. The van der Waals surface area contributed by atoms with Gasteiger partial charge in [-0.2, -0.15) is 0 Å².